The molecule has 0 unspecified atom stereocenters. The Kier molecular flexibility index (Phi) is 3.19. The Morgan fingerprint density at radius 2 is 2.08 bits per heavy atom. The highest BCUT2D eigenvalue weighted by Crippen LogP contribution is 2.54. The number of nitriles is 1. The first-order valence-corrected chi connectivity index (χ1v) is 7.71. The zero-order valence-corrected chi connectivity index (χ0v) is 13.6. The van der Waals surface area contributed by atoms with Crippen LogP contribution in [0.15, 0.2) is 51.0 Å². The summed E-state index contributed by atoms with van der Waals surface area (Å²) in [6.07, 6.45) is 0. The van der Waals surface area contributed by atoms with Crippen LogP contribution < -0.4 is 20.8 Å². The Morgan fingerprint density at radius 1 is 1.35 bits per heavy atom. The van der Waals surface area contributed by atoms with Crippen molar-refractivity contribution in [1.82, 2.24) is 0 Å². The Morgan fingerprint density at radius 3 is 2.77 bits per heavy atom. The first kappa shape index (κ1) is 15.9. The molecule has 0 saturated carbocycles. The number of carbonyl (C=O) groups is 1. The Hall–Kier alpha value is -3.57. The topological polar surface area (TPSA) is 130 Å². The number of carbonyl (C=O) groups excluding carboxylic acids is 1. The molecule has 8 heteroatoms. The molecule has 1 amide bonds. The fourth-order valence-corrected chi connectivity index (χ4v) is 3.57. The number of hydrogen-bond donors (Lipinski definition) is 2. The highest BCUT2D eigenvalue weighted by Gasteiger charge is 2.61. The van der Waals surface area contributed by atoms with Crippen LogP contribution in [0.25, 0.3) is 0 Å². The summed E-state index contributed by atoms with van der Waals surface area (Å²) in [5.41, 5.74) is 4.41. The monoisotopic (exact) mass is 351 g/mol. The van der Waals surface area contributed by atoms with Crippen LogP contribution in [0.2, 0.25) is 0 Å². The molecular formula is C18H13N3O5. The fraction of sp³-hybridized carbons (Fsp3) is 0.167. The van der Waals surface area contributed by atoms with Crippen molar-refractivity contribution >= 4 is 11.6 Å². The van der Waals surface area contributed by atoms with Crippen LogP contribution >= 0.6 is 0 Å². The number of rotatable bonds is 1. The number of likely N-dealkylation sites (N-methyl/N-ethyl adjacent to an activating group) is 1. The summed E-state index contributed by atoms with van der Waals surface area (Å²) < 4.78 is 11.0. The third kappa shape index (κ3) is 1.70. The van der Waals surface area contributed by atoms with Crippen molar-refractivity contribution in [2.45, 2.75) is 12.0 Å². The quantitative estimate of drug-likeness (QED) is 0.764. The van der Waals surface area contributed by atoms with Gasteiger partial charge in [-0.2, -0.15) is 5.26 Å². The zero-order valence-electron chi connectivity index (χ0n) is 13.6. The van der Waals surface area contributed by atoms with Gasteiger partial charge in [-0.3, -0.25) is 9.59 Å². The second-order valence-corrected chi connectivity index (χ2v) is 5.98. The van der Waals surface area contributed by atoms with Gasteiger partial charge < -0.3 is 24.9 Å². The van der Waals surface area contributed by atoms with E-state index in [1.54, 1.807) is 31.3 Å². The number of nitrogens with zero attached hydrogens (tertiary/aromatic N) is 2. The van der Waals surface area contributed by atoms with Crippen LogP contribution in [-0.4, -0.2) is 18.1 Å². The Balaban J connectivity index is 2.21. The molecule has 2 aliphatic heterocycles. The third-order valence-electron chi connectivity index (χ3n) is 4.69. The van der Waals surface area contributed by atoms with Crippen molar-refractivity contribution in [3.05, 3.63) is 69.1 Å². The maximum Gasteiger partial charge on any atom is 0.250 e. The number of anilines is 1. The average Bonchev–Trinajstić information content (AvgIpc) is 2.86. The lowest BCUT2D eigenvalue weighted by molar-refractivity contribution is -0.121. The van der Waals surface area contributed by atoms with Gasteiger partial charge in [-0.1, -0.05) is 18.2 Å². The number of hydrogen-bond acceptors (Lipinski definition) is 7. The lowest BCUT2D eigenvalue weighted by Gasteiger charge is -2.32. The van der Waals surface area contributed by atoms with Gasteiger partial charge in [0.1, 0.15) is 24.0 Å². The molecule has 2 aromatic rings. The van der Waals surface area contributed by atoms with Crippen molar-refractivity contribution in [3.63, 3.8) is 0 Å². The van der Waals surface area contributed by atoms with Crippen molar-refractivity contribution in [3.8, 4) is 11.8 Å². The van der Waals surface area contributed by atoms with Crippen LogP contribution in [0.4, 0.5) is 5.69 Å². The first-order chi connectivity index (χ1) is 12.5. The third-order valence-corrected chi connectivity index (χ3v) is 4.69. The SMILES string of the molecule is CN1C(=O)[C@]2(C(C#N)=C(N)Oc3c2oc(CO)cc3=O)c2ccccc21. The van der Waals surface area contributed by atoms with E-state index in [4.69, 9.17) is 14.9 Å². The highest BCUT2D eigenvalue weighted by atomic mass is 16.5. The molecule has 2 aliphatic rings. The number of aliphatic hydroxyl groups is 1. The van der Waals surface area contributed by atoms with E-state index >= 15 is 0 Å². The summed E-state index contributed by atoms with van der Waals surface area (Å²) in [4.78, 5) is 27.2. The fourth-order valence-electron chi connectivity index (χ4n) is 3.57. The molecule has 26 heavy (non-hydrogen) atoms. The summed E-state index contributed by atoms with van der Waals surface area (Å²) in [7, 11) is 1.56. The number of aliphatic hydroxyl groups excluding tert-OH is 1. The molecule has 3 N–H and O–H groups in total. The molecule has 1 aromatic carbocycles. The number of nitrogens with two attached hydrogens (primary N) is 1. The molecule has 4 rings (SSSR count). The zero-order chi connectivity index (χ0) is 18.6. The standard InChI is InChI=1S/C18H13N3O5/c1-21-12-5-3-2-4-10(12)18(17(21)24)11(7-19)16(20)26-14-13(23)6-9(8-22)25-15(14)18/h2-6,22H,8,20H2,1H3/t18-/m0/s1. The van der Waals surface area contributed by atoms with E-state index in [1.165, 1.54) is 4.90 Å². The summed E-state index contributed by atoms with van der Waals surface area (Å²) >= 11 is 0. The van der Waals surface area contributed by atoms with Gasteiger partial charge in [0.15, 0.2) is 11.2 Å². The second kappa shape index (κ2) is 5.21. The molecule has 8 nitrogen and oxygen atoms in total. The maximum absolute atomic E-state index is 13.3. The largest absolute Gasteiger partial charge is 0.457 e. The van der Waals surface area contributed by atoms with Crippen LogP contribution in [0.1, 0.15) is 17.1 Å². The van der Waals surface area contributed by atoms with Crippen LogP contribution in [0.5, 0.6) is 5.75 Å². The number of fused-ring (bicyclic) bond motifs is 4. The summed E-state index contributed by atoms with van der Waals surface area (Å²) in [6.45, 7) is -0.550. The van der Waals surface area contributed by atoms with E-state index in [0.29, 0.717) is 11.3 Å². The molecule has 0 radical (unpaired) electrons. The molecule has 0 aliphatic carbocycles. The summed E-state index contributed by atoms with van der Waals surface area (Å²) in [5.74, 6) is -1.29. The smallest absolute Gasteiger partial charge is 0.250 e. The predicted octanol–water partition coefficient (Wildman–Crippen LogP) is 0.481. The normalized spacial score (nSPS) is 20.7. The maximum atomic E-state index is 13.3. The predicted molar refractivity (Wildman–Crippen MR) is 89.0 cm³/mol. The van der Waals surface area contributed by atoms with Crippen molar-refractivity contribution in [2.75, 3.05) is 11.9 Å². The summed E-state index contributed by atoms with van der Waals surface area (Å²) in [6, 6.07) is 9.84. The van der Waals surface area contributed by atoms with Crippen LogP contribution in [0, 0.1) is 11.3 Å². The second-order valence-electron chi connectivity index (χ2n) is 5.98. The molecule has 1 spiro atoms. The highest BCUT2D eigenvalue weighted by molar-refractivity contribution is 6.13. The Labute approximate surface area is 147 Å². The minimum atomic E-state index is -1.73. The molecule has 0 saturated heterocycles. The molecule has 1 aromatic heterocycles. The molecule has 3 heterocycles. The van der Waals surface area contributed by atoms with Gasteiger partial charge in [0.25, 0.3) is 5.91 Å². The van der Waals surface area contributed by atoms with Crippen LogP contribution in [0.3, 0.4) is 0 Å². The molecule has 0 fully saturated rings. The van der Waals surface area contributed by atoms with E-state index in [9.17, 15) is 20.0 Å². The number of benzene rings is 1. The molecule has 0 bridgehead atoms. The van der Waals surface area contributed by atoms with E-state index in [0.717, 1.165) is 6.07 Å². The van der Waals surface area contributed by atoms with E-state index in [1.807, 2.05) is 6.07 Å². The number of amides is 1. The van der Waals surface area contributed by atoms with Crippen LogP contribution in [-0.2, 0) is 16.8 Å². The van der Waals surface area contributed by atoms with Gasteiger partial charge >= 0.3 is 0 Å². The molecule has 1 atom stereocenters. The minimum Gasteiger partial charge on any atom is -0.457 e. The van der Waals surface area contributed by atoms with Gasteiger partial charge in [0.05, 0.1) is 0 Å². The lowest BCUT2D eigenvalue weighted by Crippen LogP contribution is -2.46. The Bertz CT molecular complexity index is 1090. The first-order valence-electron chi connectivity index (χ1n) is 7.71. The van der Waals surface area contributed by atoms with Crippen molar-refractivity contribution in [2.24, 2.45) is 5.73 Å². The average molecular weight is 351 g/mol. The van der Waals surface area contributed by atoms with Gasteiger partial charge in [-0.15, -0.1) is 0 Å². The van der Waals surface area contributed by atoms with Gasteiger partial charge in [-0.05, 0) is 6.07 Å². The lowest BCUT2D eigenvalue weighted by atomic mass is 9.72. The van der Waals surface area contributed by atoms with E-state index < -0.39 is 23.4 Å². The minimum absolute atomic E-state index is 0.0469. The van der Waals surface area contributed by atoms with Gasteiger partial charge in [-0.25, -0.2) is 0 Å². The van der Waals surface area contributed by atoms with E-state index in [-0.39, 0.29) is 28.7 Å². The van der Waals surface area contributed by atoms with Crippen molar-refractivity contribution in [1.29, 1.82) is 5.26 Å². The number of para-hydroxylation sites is 1. The van der Waals surface area contributed by atoms with Gasteiger partial charge in [0.2, 0.25) is 17.1 Å². The molecule has 130 valence electrons. The number of ether oxygens (including phenoxy) is 1. The summed E-state index contributed by atoms with van der Waals surface area (Å²) in [5, 5.41) is 19.1. The van der Waals surface area contributed by atoms with E-state index in [2.05, 4.69) is 0 Å². The molecular weight excluding hydrogens is 338 g/mol. The van der Waals surface area contributed by atoms with Crippen molar-refractivity contribution < 1.29 is 19.1 Å². The van der Waals surface area contributed by atoms with Gasteiger partial charge in [0, 0.05) is 24.4 Å².